The molecular weight excluding hydrogens is 306 g/mol. The standard InChI is InChI=1S/C20H24ClNO/c1-22(11-6-12-23)15-18-14-20(18,16-7-3-2-4-8-16)17-9-5-10-19(21)13-17/h2-5,7-10,13,18,23H,6,11-12,14-15H2,1H3. The molecule has 0 saturated heterocycles. The zero-order chi connectivity index (χ0) is 16.3. The Labute approximate surface area is 143 Å². The van der Waals surface area contributed by atoms with Crippen LogP contribution in [0.1, 0.15) is 24.0 Å². The highest BCUT2D eigenvalue weighted by molar-refractivity contribution is 6.30. The Morgan fingerprint density at radius 1 is 1.13 bits per heavy atom. The summed E-state index contributed by atoms with van der Waals surface area (Å²) in [4.78, 5) is 2.33. The molecule has 0 aliphatic heterocycles. The number of rotatable bonds is 7. The molecule has 0 bridgehead atoms. The lowest BCUT2D eigenvalue weighted by atomic mass is 9.85. The lowest BCUT2D eigenvalue weighted by Gasteiger charge is -2.22. The van der Waals surface area contributed by atoms with Crippen LogP contribution in [-0.4, -0.2) is 36.8 Å². The number of benzene rings is 2. The zero-order valence-electron chi connectivity index (χ0n) is 13.6. The van der Waals surface area contributed by atoms with Gasteiger partial charge in [0.2, 0.25) is 0 Å². The van der Waals surface area contributed by atoms with Crippen LogP contribution in [-0.2, 0) is 5.41 Å². The molecule has 3 rings (SSSR count). The maximum Gasteiger partial charge on any atom is 0.0443 e. The Morgan fingerprint density at radius 3 is 2.57 bits per heavy atom. The topological polar surface area (TPSA) is 23.5 Å². The molecule has 2 aromatic rings. The first-order chi connectivity index (χ1) is 11.2. The number of aliphatic hydroxyl groups is 1. The van der Waals surface area contributed by atoms with Crippen LogP contribution in [0, 0.1) is 5.92 Å². The number of hydrogen-bond donors (Lipinski definition) is 1. The van der Waals surface area contributed by atoms with E-state index in [0.29, 0.717) is 5.92 Å². The second kappa shape index (κ2) is 7.04. The minimum absolute atomic E-state index is 0.0830. The molecule has 0 radical (unpaired) electrons. The van der Waals surface area contributed by atoms with Crippen molar-refractivity contribution in [2.24, 2.45) is 5.92 Å². The Morgan fingerprint density at radius 2 is 1.87 bits per heavy atom. The van der Waals surface area contributed by atoms with Gasteiger partial charge in [0.15, 0.2) is 0 Å². The quantitative estimate of drug-likeness (QED) is 0.831. The third-order valence-electron chi connectivity index (χ3n) is 4.96. The van der Waals surface area contributed by atoms with Crippen LogP contribution in [0.15, 0.2) is 54.6 Å². The van der Waals surface area contributed by atoms with Crippen molar-refractivity contribution < 1.29 is 5.11 Å². The molecule has 2 aromatic carbocycles. The van der Waals surface area contributed by atoms with Crippen molar-refractivity contribution in [2.45, 2.75) is 18.3 Å². The Kier molecular flexibility index (Phi) is 5.05. The van der Waals surface area contributed by atoms with Gasteiger partial charge in [-0.3, -0.25) is 0 Å². The van der Waals surface area contributed by atoms with Crippen molar-refractivity contribution >= 4 is 11.6 Å². The van der Waals surface area contributed by atoms with E-state index in [2.05, 4.69) is 54.4 Å². The van der Waals surface area contributed by atoms with Crippen molar-refractivity contribution in [2.75, 3.05) is 26.7 Å². The highest BCUT2D eigenvalue weighted by Crippen LogP contribution is 2.59. The fourth-order valence-corrected chi connectivity index (χ4v) is 3.92. The van der Waals surface area contributed by atoms with E-state index >= 15 is 0 Å². The summed E-state index contributed by atoms with van der Waals surface area (Å²) in [5.41, 5.74) is 2.78. The summed E-state index contributed by atoms with van der Waals surface area (Å²) in [5, 5.41) is 9.82. The molecule has 2 nitrogen and oxygen atoms in total. The fourth-order valence-electron chi connectivity index (χ4n) is 3.73. The largest absolute Gasteiger partial charge is 0.396 e. The number of nitrogens with zero attached hydrogens (tertiary/aromatic N) is 1. The Balaban J connectivity index is 1.86. The first-order valence-electron chi connectivity index (χ1n) is 8.28. The Hall–Kier alpha value is -1.35. The van der Waals surface area contributed by atoms with Crippen LogP contribution < -0.4 is 0 Å². The first kappa shape index (κ1) is 16.5. The van der Waals surface area contributed by atoms with Gasteiger partial charge in [-0.2, -0.15) is 0 Å². The van der Waals surface area contributed by atoms with Crippen LogP contribution in [0.3, 0.4) is 0 Å². The van der Waals surface area contributed by atoms with Crippen LogP contribution in [0.2, 0.25) is 5.02 Å². The number of halogens is 1. The van der Waals surface area contributed by atoms with Gasteiger partial charge in [0, 0.05) is 30.1 Å². The SMILES string of the molecule is CN(CCCO)CC1CC1(c1ccccc1)c1cccc(Cl)c1. The second-order valence-electron chi connectivity index (χ2n) is 6.59. The highest BCUT2D eigenvalue weighted by Gasteiger charge is 2.56. The van der Waals surface area contributed by atoms with Gasteiger partial charge < -0.3 is 10.0 Å². The molecule has 1 aliphatic carbocycles. The van der Waals surface area contributed by atoms with Crippen molar-refractivity contribution in [1.82, 2.24) is 4.90 Å². The van der Waals surface area contributed by atoms with E-state index < -0.39 is 0 Å². The minimum Gasteiger partial charge on any atom is -0.396 e. The predicted octanol–water partition coefficient (Wildman–Crippen LogP) is 3.96. The zero-order valence-corrected chi connectivity index (χ0v) is 14.3. The lowest BCUT2D eigenvalue weighted by Crippen LogP contribution is -2.26. The van der Waals surface area contributed by atoms with Crippen LogP contribution >= 0.6 is 11.6 Å². The molecular formula is C20H24ClNO. The molecule has 3 heteroatoms. The molecule has 0 amide bonds. The molecule has 0 spiro atoms. The molecule has 1 saturated carbocycles. The van der Waals surface area contributed by atoms with Crippen molar-refractivity contribution in [3.05, 3.63) is 70.7 Å². The van der Waals surface area contributed by atoms with Crippen molar-refractivity contribution in [1.29, 1.82) is 0 Å². The van der Waals surface area contributed by atoms with Gasteiger partial charge in [0.25, 0.3) is 0 Å². The van der Waals surface area contributed by atoms with Crippen molar-refractivity contribution in [3.8, 4) is 0 Å². The van der Waals surface area contributed by atoms with Gasteiger partial charge in [-0.05, 0) is 49.1 Å². The van der Waals surface area contributed by atoms with E-state index in [1.165, 1.54) is 11.1 Å². The molecule has 0 aromatic heterocycles. The van der Waals surface area contributed by atoms with Gasteiger partial charge in [0.05, 0.1) is 0 Å². The Bertz CT molecular complexity index is 645. The normalized spacial score (nSPS) is 23.2. The highest BCUT2D eigenvalue weighted by atomic mass is 35.5. The third kappa shape index (κ3) is 3.45. The maximum atomic E-state index is 9.01. The maximum absolute atomic E-state index is 9.01. The molecule has 122 valence electrons. The summed E-state index contributed by atoms with van der Waals surface area (Å²) < 4.78 is 0. The smallest absolute Gasteiger partial charge is 0.0443 e. The summed E-state index contributed by atoms with van der Waals surface area (Å²) in [6, 6.07) is 19.1. The van der Waals surface area contributed by atoms with Crippen LogP contribution in [0.5, 0.6) is 0 Å². The third-order valence-corrected chi connectivity index (χ3v) is 5.20. The lowest BCUT2D eigenvalue weighted by molar-refractivity contribution is 0.241. The number of aliphatic hydroxyl groups excluding tert-OH is 1. The predicted molar refractivity (Wildman–Crippen MR) is 96.0 cm³/mol. The van der Waals surface area contributed by atoms with E-state index in [9.17, 15) is 0 Å². The molecule has 2 atom stereocenters. The first-order valence-corrected chi connectivity index (χ1v) is 8.65. The van der Waals surface area contributed by atoms with Gasteiger partial charge in [0.1, 0.15) is 0 Å². The van der Waals surface area contributed by atoms with Gasteiger partial charge >= 0.3 is 0 Å². The average Bonchev–Trinajstić information content (AvgIpc) is 3.29. The van der Waals surface area contributed by atoms with Gasteiger partial charge in [-0.25, -0.2) is 0 Å². The van der Waals surface area contributed by atoms with E-state index in [-0.39, 0.29) is 12.0 Å². The summed E-state index contributed by atoms with van der Waals surface area (Å²) in [6.07, 6.45) is 1.99. The molecule has 1 fully saturated rings. The minimum atomic E-state index is 0.0830. The molecule has 2 unspecified atom stereocenters. The van der Waals surface area contributed by atoms with E-state index in [1.54, 1.807) is 0 Å². The van der Waals surface area contributed by atoms with Gasteiger partial charge in [-0.1, -0.05) is 54.1 Å². The summed E-state index contributed by atoms with van der Waals surface area (Å²) in [7, 11) is 2.14. The van der Waals surface area contributed by atoms with Crippen LogP contribution in [0.25, 0.3) is 0 Å². The summed E-state index contributed by atoms with van der Waals surface area (Å²) in [5.74, 6) is 0.590. The average molecular weight is 330 g/mol. The summed E-state index contributed by atoms with van der Waals surface area (Å²) in [6.45, 7) is 2.24. The second-order valence-corrected chi connectivity index (χ2v) is 7.02. The summed E-state index contributed by atoms with van der Waals surface area (Å²) >= 11 is 6.25. The molecule has 23 heavy (non-hydrogen) atoms. The monoisotopic (exact) mass is 329 g/mol. The van der Waals surface area contributed by atoms with E-state index in [4.69, 9.17) is 16.7 Å². The van der Waals surface area contributed by atoms with Crippen LogP contribution in [0.4, 0.5) is 0 Å². The molecule has 1 N–H and O–H groups in total. The molecule has 0 heterocycles. The van der Waals surface area contributed by atoms with Crippen molar-refractivity contribution in [3.63, 3.8) is 0 Å². The van der Waals surface area contributed by atoms with E-state index in [1.807, 2.05) is 12.1 Å². The number of hydrogen-bond acceptors (Lipinski definition) is 2. The molecule has 1 aliphatic rings. The fraction of sp³-hybridized carbons (Fsp3) is 0.400. The van der Waals surface area contributed by atoms with Gasteiger partial charge in [-0.15, -0.1) is 0 Å². The van der Waals surface area contributed by atoms with E-state index in [0.717, 1.165) is 31.0 Å².